The van der Waals surface area contributed by atoms with Gasteiger partial charge < -0.3 is 36.5 Å². The Balaban J connectivity index is 1.69. The number of nitrogens with one attached hydrogen (secondary N) is 4. The monoisotopic (exact) mass is 455 g/mol. The molecule has 0 bridgehead atoms. The van der Waals surface area contributed by atoms with Gasteiger partial charge in [0.15, 0.2) is 0 Å². The lowest BCUT2D eigenvalue weighted by atomic mass is 10.0. The normalized spacial score (nSPS) is 13.6. The summed E-state index contributed by atoms with van der Waals surface area (Å²) in [4.78, 5) is 50.9. The SMILES string of the molecule is NC(Cc1cnc[nH]1)C(=O)NC(Cc1cnc[nH]1)C(=O)NC(Cc1ccc(O)cc1)C(=O)O. The molecule has 1 aromatic carbocycles. The van der Waals surface area contributed by atoms with E-state index in [1.807, 2.05) is 0 Å². The Morgan fingerprint density at radius 3 is 2.00 bits per heavy atom. The minimum atomic E-state index is -1.25. The molecule has 3 aromatic rings. The van der Waals surface area contributed by atoms with Gasteiger partial charge in [-0.25, -0.2) is 14.8 Å². The van der Waals surface area contributed by atoms with Gasteiger partial charge in [-0.3, -0.25) is 9.59 Å². The summed E-state index contributed by atoms with van der Waals surface area (Å²) in [5.74, 6) is -2.45. The fourth-order valence-electron chi connectivity index (χ4n) is 3.17. The number of benzene rings is 1. The zero-order valence-electron chi connectivity index (χ0n) is 17.6. The molecule has 2 heterocycles. The number of phenols is 1. The van der Waals surface area contributed by atoms with Crippen molar-refractivity contribution in [2.45, 2.75) is 37.4 Å². The standard InChI is InChI=1S/C21H25N7O5/c22-16(6-13-8-23-10-25-13)19(30)27-17(7-14-9-24-11-26-14)20(31)28-18(21(32)33)5-12-1-3-15(29)4-2-12/h1-4,8-11,16-18,29H,5-7,22H2,(H,23,25)(H,24,26)(H,27,30)(H,28,31)(H,32,33). The molecule has 8 N–H and O–H groups in total. The average molecular weight is 455 g/mol. The lowest BCUT2D eigenvalue weighted by Crippen LogP contribution is -2.56. The number of hydrogen-bond acceptors (Lipinski definition) is 7. The molecule has 0 aliphatic carbocycles. The van der Waals surface area contributed by atoms with E-state index in [1.165, 1.54) is 31.0 Å². The summed E-state index contributed by atoms with van der Waals surface area (Å²) in [5, 5.41) is 24.1. The second-order valence-corrected chi connectivity index (χ2v) is 7.50. The first-order valence-corrected chi connectivity index (χ1v) is 10.1. The van der Waals surface area contributed by atoms with Crippen LogP contribution in [0.15, 0.2) is 49.3 Å². The number of carbonyl (C=O) groups excluding carboxylic acids is 2. The van der Waals surface area contributed by atoms with Gasteiger partial charge in [-0.2, -0.15) is 0 Å². The number of aromatic nitrogens is 4. The number of amides is 2. The van der Waals surface area contributed by atoms with Crippen LogP contribution in [0.2, 0.25) is 0 Å². The van der Waals surface area contributed by atoms with Gasteiger partial charge in [0.25, 0.3) is 0 Å². The first kappa shape index (κ1) is 23.5. The predicted molar refractivity (Wildman–Crippen MR) is 116 cm³/mol. The molecule has 174 valence electrons. The van der Waals surface area contributed by atoms with Gasteiger partial charge in [0.05, 0.1) is 18.7 Å². The molecule has 0 fully saturated rings. The number of aromatic amines is 2. The van der Waals surface area contributed by atoms with Gasteiger partial charge in [0.1, 0.15) is 17.8 Å². The number of phenolic OH excluding ortho intramolecular Hbond substituents is 1. The molecule has 0 aliphatic rings. The van der Waals surface area contributed by atoms with Crippen molar-refractivity contribution >= 4 is 17.8 Å². The number of carboxylic acid groups (broad SMARTS) is 1. The summed E-state index contributed by atoms with van der Waals surface area (Å²) >= 11 is 0. The first-order valence-electron chi connectivity index (χ1n) is 10.1. The van der Waals surface area contributed by atoms with Crippen LogP contribution in [0.5, 0.6) is 5.75 Å². The molecule has 3 rings (SSSR count). The largest absolute Gasteiger partial charge is 0.508 e. The molecule has 0 aliphatic heterocycles. The molecule has 0 radical (unpaired) electrons. The maximum Gasteiger partial charge on any atom is 0.326 e. The number of carboxylic acids is 1. The van der Waals surface area contributed by atoms with E-state index < -0.39 is 35.9 Å². The van der Waals surface area contributed by atoms with Crippen LogP contribution in [0.3, 0.4) is 0 Å². The third-order valence-electron chi connectivity index (χ3n) is 4.93. The highest BCUT2D eigenvalue weighted by atomic mass is 16.4. The molecular weight excluding hydrogens is 430 g/mol. The molecular formula is C21H25N7O5. The van der Waals surface area contributed by atoms with Crippen molar-refractivity contribution in [2.24, 2.45) is 5.73 Å². The third-order valence-corrected chi connectivity index (χ3v) is 4.93. The van der Waals surface area contributed by atoms with Crippen LogP contribution in [-0.4, -0.2) is 66.1 Å². The van der Waals surface area contributed by atoms with Gasteiger partial charge in [-0.05, 0) is 17.7 Å². The van der Waals surface area contributed by atoms with E-state index in [0.29, 0.717) is 17.0 Å². The predicted octanol–water partition coefficient (Wildman–Crippen LogP) is -0.752. The van der Waals surface area contributed by atoms with Gasteiger partial charge >= 0.3 is 5.97 Å². The van der Waals surface area contributed by atoms with Crippen molar-refractivity contribution < 1.29 is 24.6 Å². The molecule has 12 heteroatoms. The summed E-state index contributed by atoms with van der Waals surface area (Å²) < 4.78 is 0. The smallest absolute Gasteiger partial charge is 0.326 e. The van der Waals surface area contributed by atoms with Crippen molar-refractivity contribution in [3.8, 4) is 5.75 Å². The van der Waals surface area contributed by atoms with Crippen LogP contribution in [0, 0.1) is 0 Å². The molecule has 0 saturated heterocycles. The molecule has 0 spiro atoms. The molecule has 3 unspecified atom stereocenters. The third kappa shape index (κ3) is 6.90. The van der Waals surface area contributed by atoms with E-state index in [9.17, 15) is 24.6 Å². The molecule has 33 heavy (non-hydrogen) atoms. The highest BCUT2D eigenvalue weighted by molar-refractivity contribution is 5.92. The number of hydrogen-bond donors (Lipinski definition) is 7. The van der Waals surface area contributed by atoms with E-state index in [0.717, 1.165) is 0 Å². The lowest BCUT2D eigenvalue weighted by molar-refractivity contribution is -0.142. The summed E-state index contributed by atoms with van der Waals surface area (Å²) in [7, 11) is 0. The lowest BCUT2D eigenvalue weighted by Gasteiger charge is -2.22. The van der Waals surface area contributed by atoms with Gasteiger partial charge in [0, 0.05) is 43.0 Å². The number of nitrogens with two attached hydrogens (primary N) is 1. The highest BCUT2D eigenvalue weighted by Gasteiger charge is 2.29. The Bertz CT molecular complexity index is 1050. The van der Waals surface area contributed by atoms with E-state index >= 15 is 0 Å². The van der Waals surface area contributed by atoms with Gasteiger partial charge in [-0.15, -0.1) is 0 Å². The fourth-order valence-corrected chi connectivity index (χ4v) is 3.17. The Morgan fingerprint density at radius 1 is 0.879 bits per heavy atom. The van der Waals surface area contributed by atoms with Crippen molar-refractivity contribution in [1.29, 1.82) is 0 Å². The van der Waals surface area contributed by atoms with Gasteiger partial charge in [0.2, 0.25) is 11.8 Å². The summed E-state index contributed by atoms with van der Waals surface area (Å²) in [6, 6.07) is 2.70. The van der Waals surface area contributed by atoms with E-state index in [2.05, 4.69) is 30.6 Å². The first-order chi connectivity index (χ1) is 15.8. The van der Waals surface area contributed by atoms with E-state index in [1.54, 1.807) is 18.3 Å². The van der Waals surface area contributed by atoms with Crippen molar-refractivity contribution in [3.05, 3.63) is 66.3 Å². The molecule has 12 nitrogen and oxygen atoms in total. The topological polar surface area (TPSA) is 199 Å². The van der Waals surface area contributed by atoms with E-state index in [4.69, 9.17) is 5.73 Å². The van der Waals surface area contributed by atoms with E-state index in [-0.39, 0.29) is 25.0 Å². The summed E-state index contributed by atoms with van der Waals surface area (Å²) in [6.07, 6.45) is 6.18. The van der Waals surface area contributed by atoms with Crippen molar-refractivity contribution in [2.75, 3.05) is 0 Å². The van der Waals surface area contributed by atoms with Crippen LogP contribution in [0.4, 0.5) is 0 Å². The molecule has 0 saturated carbocycles. The summed E-state index contributed by atoms with van der Waals surface area (Å²) in [5.41, 5.74) is 7.81. The van der Waals surface area contributed by atoms with Crippen LogP contribution in [-0.2, 0) is 33.6 Å². The number of carbonyl (C=O) groups is 3. The zero-order valence-corrected chi connectivity index (χ0v) is 17.6. The minimum Gasteiger partial charge on any atom is -0.508 e. The number of rotatable bonds is 11. The maximum absolute atomic E-state index is 13.0. The average Bonchev–Trinajstić information content (AvgIpc) is 3.48. The molecule has 2 aromatic heterocycles. The maximum atomic E-state index is 13.0. The van der Waals surface area contributed by atoms with Crippen LogP contribution in [0.25, 0.3) is 0 Å². The Morgan fingerprint density at radius 2 is 1.45 bits per heavy atom. The van der Waals surface area contributed by atoms with Crippen LogP contribution >= 0.6 is 0 Å². The molecule has 3 atom stereocenters. The number of aromatic hydroxyl groups is 1. The van der Waals surface area contributed by atoms with Gasteiger partial charge in [-0.1, -0.05) is 12.1 Å². The number of aliphatic carboxylic acids is 1. The fraction of sp³-hybridized carbons (Fsp3) is 0.286. The van der Waals surface area contributed by atoms with Crippen molar-refractivity contribution in [3.63, 3.8) is 0 Å². The molecule has 2 amide bonds. The van der Waals surface area contributed by atoms with Crippen molar-refractivity contribution in [1.82, 2.24) is 30.6 Å². The zero-order chi connectivity index (χ0) is 23.8. The Labute approximate surface area is 188 Å². The summed E-state index contributed by atoms with van der Waals surface area (Å²) in [6.45, 7) is 0. The number of H-pyrrole nitrogens is 2. The number of imidazole rings is 2. The van der Waals surface area contributed by atoms with Crippen LogP contribution < -0.4 is 16.4 Å². The second kappa shape index (κ2) is 10.9. The quantitative estimate of drug-likeness (QED) is 0.196. The highest BCUT2D eigenvalue weighted by Crippen LogP contribution is 2.12. The number of nitrogens with zero attached hydrogens (tertiary/aromatic N) is 2. The minimum absolute atomic E-state index is 0.00852. The van der Waals surface area contributed by atoms with Crippen LogP contribution in [0.1, 0.15) is 17.0 Å². The Hall–Kier alpha value is -4.19. The second-order valence-electron chi connectivity index (χ2n) is 7.50. The Kier molecular flexibility index (Phi) is 7.76.